The van der Waals surface area contributed by atoms with Crippen LogP contribution >= 0.6 is 15.9 Å². The fourth-order valence-corrected chi connectivity index (χ4v) is 2.69. The second-order valence-electron chi connectivity index (χ2n) is 4.76. The lowest BCUT2D eigenvalue weighted by Gasteiger charge is -2.28. The maximum atomic E-state index is 12.1. The number of nitrogens with zero attached hydrogens (tertiary/aromatic N) is 1. The highest BCUT2D eigenvalue weighted by Gasteiger charge is 2.35. The molecule has 1 saturated heterocycles. The van der Waals surface area contributed by atoms with Gasteiger partial charge in [0.2, 0.25) is 0 Å². The summed E-state index contributed by atoms with van der Waals surface area (Å²) < 4.78 is 0.826. The highest BCUT2D eigenvalue weighted by Crippen LogP contribution is 2.26. The van der Waals surface area contributed by atoms with Gasteiger partial charge in [0.05, 0.1) is 11.1 Å². The summed E-state index contributed by atoms with van der Waals surface area (Å²) in [4.78, 5) is 25.6. The molecule has 2 aliphatic rings. The van der Waals surface area contributed by atoms with Gasteiger partial charge in [-0.3, -0.25) is 14.5 Å². The number of carbonyl (C=O) groups is 2. The quantitative estimate of drug-likeness (QED) is 0.864. The Kier molecular flexibility index (Phi) is 2.95. The Balaban J connectivity index is 1.78. The Morgan fingerprint density at radius 2 is 1.94 bits per heavy atom. The fourth-order valence-electron chi connectivity index (χ4n) is 2.33. The Bertz CT molecular complexity index is 526. The third-order valence-corrected chi connectivity index (χ3v) is 4.05. The molecule has 1 aromatic rings. The molecule has 18 heavy (non-hydrogen) atoms. The van der Waals surface area contributed by atoms with Crippen molar-refractivity contribution in [3.63, 3.8) is 0 Å². The van der Waals surface area contributed by atoms with Crippen molar-refractivity contribution in [2.45, 2.75) is 6.42 Å². The van der Waals surface area contributed by atoms with Crippen molar-refractivity contribution in [2.75, 3.05) is 19.6 Å². The number of fused-ring (bicyclic) bond motifs is 1. The zero-order chi connectivity index (χ0) is 12.7. The van der Waals surface area contributed by atoms with E-state index in [0.717, 1.165) is 24.0 Å². The molecule has 0 unspecified atom stereocenters. The first-order chi connectivity index (χ1) is 8.66. The number of hydrogen-bond donors (Lipinski definition) is 1. The monoisotopic (exact) mass is 308 g/mol. The smallest absolute Gasteiger partial charge is 0.261 e. The van der Waals surface area contributed by atoms with Crippen LogP contribution in [0.15, 0.2) is 22.7 Å². The molecule has 0 bridgehead atoms. The normalized spacial score (nSPS) is 19.1. The second-order valence-corrected chi connectivity index (χ2v) is 5.68. The first kappa shape index (κ1) is 11.9. The van der Waals surface area contributed by atoms with E-state index in [0.29, 0.717) is 23.6 Å². The zero-order valence-electron chi connectivity index (χ0n) is 9.78. The van der Waals surface area contributed by atoms with Crippen LogP contribution in [0.25, 0.3) is 0 Å². The Hall–Kier alpha value is -1.20. The lowest BCUT2D eigenvalue weighted by atomic mass is 9.99. The molecular formula is C13H13BrN2O2. The van der Waals surface area contributed by atoms with Gasteiger partial charge in [-0.25, -0.2) is 0 Å². The maximum absolute atomic E-state index is 12.1. The average Bonchev–Trinajstić information content (AvgIpc) is 2.51. The molecule has 94 valence electrons. The largest absolute Gasteiger partial charge is 0.316 e. The summed E-state index contributed by atoms with van der Waals surface area (Å²) in [5.74, 6) is 0.277. The third kappa shape index (κ3) is 1.87. The number of imide groups is 1. The molecule has 0 atom stereocenters. The lowest BCUT2D eigenvalue weighted by molar-refractivity contribution is 0.0640. The van der Waals surface area contributed by atoms with Gasteiger partial charge in [0.25, 0.3) is 11.8 Å². The van der Waals surface area contributed by atoms with E-state index in [1.807, 2.05) is 0 Å². The van der Waals surface area contributed by atoms with E-state index < -0.39 is 0 Å². The first-order valence-electron chi connectivity index (χ1n) is 6.03. The molecule has 1 N–H and O–H groups in total. The van der Waals surface area contributed by atoms with Crippen LogP contribution in [0.3, 0.4) is 0 Å². The number of amides is 2. The average molecular weight is 309 g/mol. The van der Waals surface area contributed by atoms with E-state index in [2.05, 4.69) is 21.2 Å². The highest BCUT2D eigenvalue weighted by atomic mass is 79.9. The van der Waals surface area contributed by atoms with Gasteiger partial charge in [-0.15, -0.1) is 0 Å². The third-order valence-electron chi connectivity index (χ3n) is 3.56. The van der Waals surface area contributed by atoms with Crippen LogP contribution in [0, 0.1) is 5.92 Å². The van der Waals surface area contributed by atoms with Crippen molar-refractivity contribution < 1.29 is 9.59 Å². The van der Waals surface area contributed by atoms with Gasteiger partial charge in [-0.2, -0.15) is 0 Å². The first-order valence-corrected chi connectivity index (χ1v) is 6.82. The van der Waals surface area contributed by atoms with E-state index in [9.17, 15) is 9.59 Å². The minimum Gasteiger partial charge on any atom is -0.316 e. The number of nitrogens with one attached hydrogen (secondary N) is 1. The van der Waals surface area contributed by atoms with Crippen molar-refractivity contribution in [3.8, 4) is 0 Å². The van der Waals surface area contributed by atoms with Gasteiger partial charge in [0, 0.05) is 11.0 Å². The second kappa shape index (κ2) is 4.48. The molecule has 4 nitrogen and oxygen atoms in total. The standard InChI is InChI=1S/C13H13BrN2O2/c14-9-1-2-10-11(5-9)13(18)16(12(10)17)4-3-8-6-15-7-8/h1-2,5,8,15H,3-4,6-7H2. The molecule has 0 aliphatic carbocycles. The van der Waals surface area contributed by atoms with Crippen molar-refractivity contribution in [3.05, 3.63) is 33.8 Å². The summed E-state index contributed by atoms with van der Waals surface area (Å²) in [6, 6.07) is 5.23. The minimum atomic E-state index is -0.163. The van der Waals surface area contributed by atoms with Crippen LogP contribution in [0.4, 0.5) is 0 Å². The van der Waals surface area contributed by atoms with Gasteiger partial charge in [0.15, 0.2) is 0 Å². The number of halogens is 1. The van der Waals surface area contributed by atoms with Crippen LogP contribution in [0.1, 0.15) is 27.1 Å². The predicted molar refractivity (Wildman–Crippen MR) is 70.5 cm³/mol. The Morgan fingerprint density at radius 3 is 2.61 bits per heavy atom. The number of carbonyl (C=O) groups excluding carboxylic acids is 2. The highest BCUT2D eigenvalue weighted by molar-refractivity contribution is 9.10. The van der Waals surface area contributed by atoms with Gasteiger partial charge < -0.3 is 5.32 Å². The summed E-state index contributed by atoms with van der Waals surface area (Å²) in [5.41, 5.74) is 1.04. The maximum Gasteiger partial charge on any atom is 0.261 e. The Morgan fingerprint density at radius 1 is 1.22 bits per heavy atom. The summed E-state index contributed by atoms with van der Waals surface area (Å²) in [5, 5.41) is 3.19. The lowest BCUT2D eigenvalue weighted by Crippen LogP contribution is -2.44. The molecule has 1 aromatic carbocycles. The van der Waals surface area contributed by atoms with Crippen molar-refractivity contribution >= 4 is 27.7 Å². The predicted octanol–water partition coefficient (Wildman–Crippen LogP) is 1.65. The Labute approximate surface area is 113 Å². The summed E-state index contributed by atoms with van der Waals surface area (Å²) in [6.07, 6.45) is 0.889. The van der Waals surface area contributed by atoms with Crippen LogP contribution in [0.2, 0.25) is 0 Å². The topological polar surface area (TPSA) is 49.4 Å². The molecular weight excluding hydrogens is 296 g/mol. The molecule has 2 aliphatic heterocycles. The molecule has 0 radical (unpaired) electrons. The van der Waals surface area contributed by atoms with E-state index in [1.54, 1.807) is 18.2 Å². The van der Waals surface area contributed by atoms with Crippen LogP contribution in [-0.4, -0.2) is 36.3 Å². The molecule has 2 amide bonds. The van der Waals surface area contributed by atoms with Gasteiger partial charge in [-0.1, -0.05) is 15.9 Å². The number of benzene rings is 1. The van der Waals surface area contributed by atoms with Crippen molar-refractivity contribution in [1.82, 2.24) is 10.2 Å². The molecule has 0 aromatic heterocycles. The van der Waals surface area contributed by atoms with E-state index in [1.165, 1.54) is 4.90 Å². The molecule has 5 heteroatoms. The van der Waals surface area contributed by atoms with Gasteiger partial charge >= 0.3 is 0 Å². The molecule has 0 saturated carbocycles. The summed E-state index contributed by atoms with van der Waals surface area (Å²) in [7, 11) is 0. The molecule has 2 heterocycles. The van der Waals surface area contributed by atoms with Crippen molar-refractivity contribution in [2.24, 2.45) is 5.92 Å². The molecule has 1 fully saturated rings. The van der Waals surface area contributed by atoms with E-state index >= 15 is 0 Å². The molecule has 3 rings (SSSR count). The van der Waals surface area contributed by atoms with E-state index in [4.69, 9.17) is 0 Å². The van der Waals surface area contributed by atoms with Gasteiger partial charge in [0.1, 0.15) is 0 Å². The number of hydrogen-bond acceptors (Lipinski definition) is 3. The van der Waals surface area contributed by atoms with Crippen LogP contribution < -0.4 is 5.32 Å². The van der Waals surface area contributed by atoms with Crippen LogP contribution in [-0.2, 0) is 0 Å². The van der Waals surface area contributed by atoms with Crippen LogP contribution in [0.5, 0.6) is 0 Å². The summed E-state index contributed by atoms with van der Waals surface area (Å²) in [6.45, 7) is 2.51. The summed E-state index contributed by atoms with van der Waals surface area (Å²) >= 11 is 3.32. The fraction of sp³-hybridized carbons (Fsp3) is 0.385. The van der Waals surface area contributed by atoms with E-state index in [-0.39, 0.29) is 11.8 Å². The van der Waals surface area contributed by atoms with Gasteiger partial charge in [-0.05, 0) is 43.6 Å². The van der Waals surface area contributed by atoms with Crippen molar-refractivity contribution in [1.29, 1.82) is 0 Å². The number of rotatable bonds is 3. The molecule has 0 spiro atoms. The SMILES string of the molecule is O=C1c2ccc(Br)cc2C(=O)N1CCC1CNC1. The zero-order valence-corrected chi connectivity index (χ0v) is 11.4. The minimum absolute atomic E-state index is 0.158.